The number of allylic oxidation sites excluding steroid dienone is 2. The summed E-state index contributed by atoms with van der Waals surface area (Å²) < 4.78 is 29.6. The highest BCUT2D eigenvalue weighted by Gasteiger charge is 2.54. The van der Waals surface area contributed by atoms with Crippen molar-refractivity contribution >= 4 is 17.3 Å². The van der Waals surface area contributed by atoms with Crippen molar-refractivity contribution in [1.29, 1.82) is 0 Å². The molecule has 0 bridgehead atoms. The van der Waals surface area contributed by atoms with Crippen molar-refractivity contribution < 1.29 is 8.78 Å². The topological polar surface area (TPSA) is 65.1 Å². The van der Waals surface area contributed by atoms with E-state index in [0.29, 0.717) is 33.7 Å². The number of fused-ring (bicyclic) bond motifs is 4. The smallest absolute Gasteiger partial charge is 0.283 e. The van der Waals surface area contributed by atoms with Gasteiger partial charge < -0.3 is 4.57 Å². The Bertz CT molecular complexity index is 1940. The van der Waals surface area contributed by atoms with E-state index < -0.39 is 12.1 Å². The molecule has 1 fully saturated rings. The molecule has 0 spiro atoms. The normalized spacial score (nSPS) is 22.1. The van der Waals surface area contributed by atoms with Crippen molar-refractivity contribution in [3.8, 4) is 16.8 Å². The predicted molar refractivity (Wildman–Crippen MR) is 158 cm³/mol. The number of rotatable bonds is 5. The summed E-state index contributed by atoms with van der Waals surface area (Å²) in [6.07, 6.45) is 5.18. The molecule has 4 aromatic rings. The van der Waals surface area contributed by atoms with Crippen molar-refractivity contribution in [2.75, 3.05) is 0 Å². The quantitative estimate of drug-likeness (QED) is 0.235. The molecule has 0 amide bonds. The Morgan fingerprint density at radius 2 is 1.88 bits per heavy atom. The minimum absolute atomic E-state index is 0.0171. The highest BCUT2D eigenvalue weighted by molar-refractivity contribution is 6.31. The number of alkyl halides is 2. The molecule has 0 saturated heterocycles. The van der Waals surface area contributed by atoms with Gasteiger partial charge in [-0.05, 0) is 89.8 Å². The third-order valence-corrected chi connectivity index (χ3v) is 9.35. The molecule has 1 saturated carbocycles. The summed E-state index contributed by atoms with van der Waals surface area (Å²) in [6.45, 7) is 4.16. The number of hydrogen-bond acceptors (Lipinski definition) is 4. The zero-order valence-corrected chi connectivity index (χ0v) is 23.4. The third kappa shape index (κ3) is 4.11. The lowest BCUT2D eigenvalue weighted by Gasteiger charge is -2.21. The van der Waals surface area contributed by atoms with Gasteiger partial charge in [0.05, 0.1) is 23.6 Å². The average molecular weight is 582 g/mol. The van der Waals surface area contributed by atoms with E-state index in [-0.39, 0.29) is 11.6 Å². The number of pyridine rings is 1. The van der Waals surface area contributed by atoms with Gasteiger partial charge in [0.2, 0.25) is 0 Å². The van der Waals surface area contributed by atoms with Gasteiger partial charge in [-0.2, -0.15) is 0 Å². The number of halogens is 3. The van der Waals surface area contributed by atoms with Crippen LogP contribution < -0.4 is 5.56 Å². The summed E-state index contributed by atoms with van der Waals surface area (Å²) in [5.41, 5.74) is 9.71. The first-order chi connectivity index (χ1) is 20.3. The lowest BCUT2D eigenvalue weighted by atomic mass is 9.86. The van der Waals surface area contributed by atoms with Crippen molar-refractivity contribution in [1.82, 2.24) is 19.6 Å². The van der Waals surface area contributed by atoms with E-state index in [1.54, 1.807) is 24.3 Å². The van der Waals surface area contributed by atoms with E-state index in [1.165, 1.54) is 33.2 Å². The fraction of sp³-hybridized carbons (Fsp3) is 0.273. The zero-order valence-electron chi connectivity index (χ0n) is 22.6. The van der Waals surface area contributed by atoms with E-state index >= 15 is 0 Å². The first-order valence-corrected chi connectivity index (χ1v) is 14.5. The van der Waals surface area contributed by atoms with Gasteiger partial charge in [0.15, 0.2) is 0 Å². The van der Waals surface area contributed by atoms with Crippen LogP contribution in [0.5, 0.6) is 0 Å². The molecule has 2 aliphatic carbocycles. The minimum atomic E-state index is -2.73. The predicted octanol–water partition coefficient (Wildman–Crippen LogP) is 7.17. The molecule has 8 rings (SSSR count). The van der Waals surface area contributed by atoms with Gasteiger partial charge in [0.1, 0.15) is 5.69 Å². The minimum Gasteiger partial charge on any atom is -0.305 e. The number of benzene rings is 2. The molecule has 0 radical (unpaired) electrons. The molecule has 4 heterocycles. The van der Waals surface area contributed by atoms with Crippen LogP contribution >= 0.6 is 11.6 Å². The first-order valence-electron chi connectivity index (χ1n) is 14.2. The van der Waals surface area contributed by atoms with Crippen LogP contribution in [-0.4, -0.2) is 25.3 Å². The molecular weight excluding hydrogens is 556 g/mol. The molecule has 3 atom stereocenters. The maximum atomic E-state index is 13.7. The van der Waals surface area contributed by atoms with Crippen molar-refractivity contribution in [2.45, 2.75) is 50.5 Å². The number of aryl methyl sites for hydroxylation is 1. The molecule has 2 aliphatic heterocycles. The molecule has 2 aromatic heterocycles. The summed E-state index contributed by atoms with van der Waals surface area (Å²) in [5, 5.41) is 7.97. The first kappa shape index (κ1) is 25.5. The molecule has 3 unspecified atom stereocenters. The molecule has 0 N–H and O–H groups in total. The maximum Gasteiger partial charge on any atom is 0.283 e. The van der Waals surface area contributed by atoms with Crippen molar-refractivity contribution in [3.05, 3.63) is 122 Å². The van der Waals surface area contributed by atoms with Crippen molar-refractivity contribution in [3.63, 3.8) is 0 Å². The Morgan fingerprint density at radius 1 is 1.00 bits per heavy atom. The van der Waals surface area contributed by atoms with Crippen LogP contribution in [0.15, 0.2) is 88.4 Å². The molecule has 42 heavy (non-hydrogen) atoms. The van der Waals surface area contributed by atoms with Gasteiger partial charge in [-0.15, -0.1) is 5.10 Å². The van der Waals surface area contributed by atoms with Gasteiger partial charge in [-0.3, -0.25) is 9.79 Å². The Morgan fingerprint density at radius 3 is 2.71 bits per heavy atom. The largest absolute Gasteiger partial charge is 0.305 e. The Hall–Kier alpha value is -4.17. The van der Waals surface area contributed by atoms with Gasteiger partial charge in [-0.1, -0.05) is 41.1 Å². The van der Waals surface area contributed by atoms with Gasteiger partial charge in [-0.25, -0.2) is 13.5 Å². The SMILES string of the molecule is C=C1CCc2cc(C3=NC=C(C4C5CC5c5cc(-c6cc(Cl)ccc6-n6cc(C(F)F)nn6)cc(=O)n54)C3)ccc2C1. The highest BCUT2D eigenvalue weighted by Crippen LogP contribution is 2.61. The molecule has 6 nitrogen and oxygen atoms in total. The van der Waals surface area contributed by atoms with E-state index in [0.717, 1.165) is 49.1 Å². The van der Waals surface area contributed by atoms with Crippen LogP contribution in [0.25, 0.3) is 16.8 Å². The Labute approximate surface area is 245 Å². The fourth-order valence-corrected chi connectivity index (χ4v) is 7.16. The monoisotopic (exact) mass is 581 g/mol. The second-order valence-corrected chi connectivity index (χ2v) is 12.2. The van der Waals surface area contributed by atoms with Crippen LogP contribution in [0.3, 0.4) is 0 Å². The van der Waals surface area contributed by atoms with Gasteiger partial charge in [0, 0.05) is 40.9 Å². The van der Waals surface area contributed by atoms with Crippen LogP contribution in [0.2, 0.25) is 5.02 Å². The number of hydrogen-bond donors (Lipinski definition) is 0. The van der Waals surface area contributed by atoms with Crippen LogP contribution in [0.4, 0.5) is 8.78 Å². The molecule has 4 aliphatic rings. The maximum absolute atomic E-state index is 13.7. The Balaban J connectivity index is 1.11. The van der Waals surface area contributed by atoms with Crippen molar-refractivity contribution in [2.24, 2.45) is 10.9 Å². The van der Waals surface area contributed by atoms with E-state index in [1.807, 2.05) is 16.8 Å². The molecule has 210 valence electrons. The highest BCUT2D eigenvalue weighted by atomic mass is 35.5. The molecular formula is C33H26ClF2N5O. The Kier molecular flexibility index (Phi) is 5.73. The second-order valence-electron chi connectivity index (χ2n) is 11.7. The van der Waals surface area contributed by atoms with E-state index in [9.17, 15) is 13.6 Å². The average Bonchev–Trinajstić information content (AvgIpc) is 3.30. The molecule has 9 heteroatoms. The third-order valence-electron chi connectivity index (χ3n) is 9.12. The van der Waals surface area contributed by atoms with Crippen LogP contribution in [0.1, 0.15) is 65.7 Å². The molecule has 2 aromatic carbocycles. The van der Waals surface area contributed by atoms with E-state index in [2.05, 4.69) is 35.1 Å². The summed E-state index contributed by atoms with van der Waals surface area (Å²) in [5.74, 6) is 0.662. The lowest BCUT2D eigenvalue weighted by Crippen LogP contribution is -2.26. The van der Waals surface area contributed by atoms with Gasteiger partial charge in [0.25, 0.3) is 12.0 Å². The second kappa shape index (κ2) is 9.42. The van der Waals surface area contributed by atoms with E-state index in [4.69, 9.17) is 16.6 Å². The summed E-state index contributed by atoms with van der Waals surface area (Å²) in [6, 6.07) is 15.4. The fourth-order valence-electron chi connectivity index (χ4n) is 6.99. The van der Waals surface area contributed by atoms with Crippen LogP contribution in [0, 0.1) is 5.92 Å². The number of aromatic nitrogens is 4. The van der Waals surface area contributed by atoms with Crippen LogP contribution in [-0.2, 0) is 12.8 Å². The standard InChI is InChI=1S/C33H26ClF2N5O/c1-17-2-3-19-9-20(5-4-18(19)8-17)27-10-22(15-37-27)32-26-14-25(26)30-11-21(12-31(42)41(30)32)24-13-23(34)6-7-29(24)40-16-28(33(35)36)38-39-40/h4-7,9,11-13,15-16,25-26,32-33H,1-3,8,10,14H2. The zero-order chi connectivity index (χ0) is 28.7. The number of aliphatic imine (C=N–C) groups is 1. The summed E-state index contributed by atoms with van der Waals surface area (Å²) in [4.78, 5) is 18.6. The summed E-state index contributed by atoms with van der Waals surface area (Å²) >= 11 is 6.35. The lowest BCUT2D eigenvalue weighted by molar-refractivity contribution is 0.146. The number of nitrogens with zero attached hydrogens (tertiary/aromatic N) is 5. The summed E-state index contributed by atoms with van der Waals surface area (Å²) in [7, 11) is 0. The van der Waals surface area contributed by atoms with Gasteiger partial charge >= 0.3 is 0 Å².